The van der Waals surface area contributed by atoms with E-state index in [2.05, 4.69) is 31.3 Å². The summed E-state index contributed by atoms with van der Waals surface area (Å²) in [6.45, 7) is 0. The summed E-state index contributed by atoms with van der Waals surface area (Å²) in [5.74, 6) is 1.41. The number of nitrogens with zero attached hydrogens (tertiary/aromatic N) is 4. The predicted octanol–water partition coefficient (Wildman–Crippen LogP) is 2.02. The summed E-state index contributed by atoms with van der Waals surface area (Å²) < 4.78 is 0. The third-order valence-corrected chi connectivity index (χ3v) is 3.58. The van der Waals surface area contributed by atoms with Crippen LogP contribution in [0, 0.1) is 0 Å². The van der Waals surface area contributed by atoms with Gasteiger partial charge in [-0.25, -0.2) is 0 Å². The zero-order valence-corrected chi connectivity index (χ0v) is 9.94. The second kappa shape index (κ2) is 4.38. The van der Waals surface area contributed by atoms with Crippen molar-refractivity contribution in [3.05, 3.63) is 5.82 Å². The van der Waals surface area contributed by atoms with Crippen LogP contribution in [0.2, 0.25) is 0 Å². The molecule has 78 valence electrons. The summed E-state index contributed by atoms with van der Waals surface area (Å²) in [5, 5.41) is 12.3. The molecule has 1 aromatic rings. The van der Waals surface area contributed by atoms with E-state index in [-0.39, 0.29) is 0 Å². The number of hydrogen-bond acceptors (Lipinski definition) is 3. The molecule has 5 heteroatoms. The Balaban J connectivity index is 2.08. The molecule has 0 aromatic carbocycles. The Hall–Kier alpha value is -0.450. The SMILES string of the molecule is Cn1nnc(C2CCCCC(Br)C2)n1. The van der Waals surface area contributed by atoms with Gasteiger partial charge in [-0.05, 0) is 24.5 Å². The molecule has 1 fully saturated rings. The van der Waals surface area contributed by atoms with Crippen LogP contribution in [0.1, 0.15) is 43.8 Å². The number of rotatable bonds is 1. The number of alkyl halides is 1. The molecular weight excluding hydrogens is 244 g/mol. The van der Waals surface area contributed by atoms with Gasteiger partial charge >= 0.3 is 0 Å². The molecule has 4 nitrogen and oxygen atoms in total. The van der Waals surface area contributed by atoms with Crippen LogP contribution in [0.4, 0.5) is 0 Å². The van der Waals surface area contributed by atoms with Crippen molar-refractivity contribution in [3.63, 3.8) is 0 Å². The average Bonchev–Trinajstić information content (AvgIpc) is 2.45. The number of aromatic nitrogens is 4. The largest absolute Gasteiger partial charge is 0.177 e. The molecule has 0 N–H and O–H groups in total. The van der Waals surface area contributed by atoms with Crippen LogP contribution in [0.25, 0.3) is 0 Å². The normalized spacial score (nSPS) is 28.7. The number of halogens is 1. The minimum atomic E-state index is 0.496. The zero-order valence-electron chi connectivity index (χ0n) is 8.36. The van der Waals surface area contributed by atoms with Gasteiger partial charge in [-0.1, -0.05) is 28.8 Å². The molecule has 2 unspecified atom stereocenters. The van der Waals surface area contributed by atoms with Gasteiger partial charge in [0.1, 0.15) is 0 Å². The van der Waals surface area contributed by atoms with Crippen molar-refractivity contribution in [1.29, 1.82) is 0 Å². The molecule has 1 aromatic heterocycles. The quantitative estimate of drug-likeness (QED) is 0.572. The van der Waals surface area contributed by atoms with E-state index in [4.69, 9.17) is 0 Å². The maximum absolute atomic E-state index is 4.28. The van der Waals surface area contributed by atoms with Gasteiger partial charge in [0, 0.05) is 10.7 Å². The van der Waals surface area contributed by atoms with Gasteiger partial charge in [0.05, 0.1) is 7.05 Å². The van der Waals surface area contributed by atoms with Crippen molar-refractivity contribution < 1.29 is 0 Å². The Morgan fingerprint density at radius 3 is 2.86 bits per heavy atom. The molecular formula is C9H15BrN4. The van der Waals surface area contributed by atoms with E-state index in [1.165, 1.54) is 25.7 Å². The summed E-state index contributed by atoms with van der Waals surface area (Å²) in [6.07, 6.45) is 6.22. The molecule has 0 spiro atoms. The molecule has 1 aliphatic carbocycles. The maximum Gasteiger partial charge on any atom is 0.177 e. The van der Waals surface area contributed by atoms with Gasteiger partial charge in [-0.2, -0.15) is 4.80 Å². The second-order valence-electron chi connectivity index (χ2n) is 3.95. The lowest BCUT2D eigenvalue weighted by Gasteiger charge is -2.11. The van der Waals surface area contributed by atoms with Crippen molar-refractivity contribution in [1.82, 2.24) is 20.2 Å². The fraction of sp³-hybridized carbons (Fsp3) is 0.889. The van der Waals surface area contributed by atoms with E-state index in [0.29, 0.717) is 10.7 Å². The molecule has 2 atom stereocenters. The molecule has 0 saturated heterocycles. The highest BCUT2D eigenvalue weighted by molar-refractivity contribution is 9.09. The van der Waals surface area contributed by atoms with Crippen LogP contribution in [0.15, 0.2) is 0 Å². The van der Waals surface area contributed by atoms with Crippen LogP contribution >= 0.6 is 15.9 Å². The Morgan fingerprint density at radius 1 is 1.36 bits per heavy atom. The fourth-order valence-electron chi connectivity index (χ4n) is 2.00. The summed E-state index contributed by atoms with van der Waals surface area (Å²) in [5.41, 5.74) is 0. The molecule has 0 bridgehead atoms. The van der Waals surface area contributed by atoms with Gasteiger partial charge in [-0.3, -0.25) is 0 Å². The lowest BCUT2D eigenvalue weighted by Crippen LogP contribution is -2.06. The highest BCUT2D eigenvalue weighted by Gasteiger charge is 2.22. The third kappa shape index (κ3) is 2.32. The average molecular weight is 259 g/mol. The van der Waals surface area contributed by atoms with Crippen molar-refractivity contribution in [2.24, 2.45) is 7.05 Å². The first kappa shape index (κ1) is 10.1. The highest BCUT2D eigenvalue weighted by Crippen LogP contribution is 2.32. The van der Waals surface area contributed by atoms with Gasteiger partial charge in [0.15, 0.2) is 5.82 Å². The van der Waals surface area contributed by atoms with Gasteiger partial charge in [-0.15, -0.1) is 10.2 Å². The summed E-state index contributed by atoms with van der Waals surface area (Å²) in [7, 11) is 1.82. The smallest absolute Gasteiger partial charge is 0.167 e. The fourth-order valence-corrected chi connectivity index (χ4v) is 2.77. The molecule has 0 aliphatic heterocycles. The maximum atomic E-state index is 4.28. The van der Waals surface area contributed by atoms with E-state index in [1.54, 1.807) is 4.80 Å². The lowest BCUT2D eigenvalue weighted by molar-refractivity contribution is 0.560. The predicted molar refractivity (Wildman–Crippen MR) is 57.3 cm³/mol. The Morgan fingerprint density at radius 2 is 2.14 bits per heavy atom. The van der Waals surface area contributed by atoms with E-state index < -0.39 is 0 Å². The topological polar surface area (TPSA) is 43.6 Å². The van der Waals surface area contributed by atoms with Crippen LogP contribution in [-0.2, 0) is 7.05 Å². The van der Waals surface area contributed by atoms with E-state index in [9.17, 15) is 0 Å². The summed E-state index contributed by atoms with van der Waals surface area (Å²) in [4.78, 5) is 2.17. The lowest BCUT2D eigenvalue weighted by atomic mass is 10.00. The van der Waals surface area contributed by atoms with Crippen molar-refractivity contribution in [3.8, 4) is 0 Å². The minimum Gasteiger partial charge on any atom is -0.167 e. The van der Waals surface area contributed by atoms with Gasteiger partial charge in [0.25, 0.3) is 0 Å². The van der Waals surface area contributed by atoms with Crippen LogP contribution in [0.5, 0.6) is 0 Å². The molecule has 1 heterocycles. The number of hydrogen-bond donors (Lipinski definition) is 0. The molecule has 0 radical (unpaired) electrons. The first-order chi connectivity index (χ1) is 6.75. The number of tetrazole rings is 1. The first-order valence-corrected chi connectivity index (χ1v) is 6.05. The van der Waals surface area contributed by atoms with Crippen molar-refractivity contribution >= 4 is 15.9 Å². The van der Waals surface area contributed by atoms with Crippen molar-refractivity contribution in [2.75, 3.05) is 0 Å². The monoisotopic (exact) mass is 258 g/mol. The van der Waals surface area contributed by atoms with E-state index in [1.807, 2.05) is 7.05 Å². The molecule has 1 saturated carbocycles. The van der Waals surface area contributed by atoms with Crippen LogP contribution in [0.3, 0.4) is 0 Å². The number of aryl methyl sites for hydroxylation is 1. The Kier molecular flexibility index (Phi) is 3.15. The zero-order chi connectivity index (χ0) is 9.97. The Labute approximate surface area is 92.2 Å². The first-order valence-electron chi connectivity index (χ1n) is 5.13. The second-order valence-corrected chi connectivity index (χ2v) is 5.25. The minimum absolute atomic E-state index is 0.496. The van der Waals surface area contributed by atoms with Gasteiger partial charge < -0.3 is 0 Å². The molecule has 1 aliphatic rings. The van der Waals surface area contributed by atoms with Crippen LogP contribution < -0.4 is 0 Å². The van der Waals surface area contributed by atoms with Crippen molar-refractivity contribution in [2.45, 2.75) is 42.8 Å². The highest BCUT2D eigenvalue weighted by atomic mass is 79.9. The van der Waals surface area contributed by atoms with Gasteiger partial charge in [0.2, 0.25) is 0 Å². The molecule has 2 rings (SSSR count). The molecule has 14 heavy (non-hydrogen) atoms. The third-order valence-electron chi connectivity index (χ3n) is 2.75. The molecule has 0 amide bonds. The summed E-state index contributed by atoms with van der Waals surface area (Å²) in [6, 6.07) is 0. The Bertz CT molecular complexity index is 299. The van der Waals surface area contributed by atoms with E-state index >= 15 is 0 Å². The van der Waals surface area contributed by atoms with Crippen LogP contribution in [-0.4, -0.2) is 25.0 Å². The standard InChI is InChI=1S/C9H15BrN4/c1-14-12-9(11-13-14)7-4-2-3-5-8(10)6-7/h7-8H,2-6H2,1H3. The summed E-state index contributed by atoms with van der Waals surface area (Å²) >= 11 is 3.70. The van der Waals surface area contributed by atoms with E-state index in [0.717, 1.165) is 12.2 Å².